The summed E-state index contributed by atoms with van der Waals surface area (Å²) in [6, 6.07) is 0. The summed E-state index contributed by atoms with van der Waals surface area (Å²) in [6.45, 7) is 6.17. The molecule has 0 aliphatic carbocycles. The molecule has 0 fully saturated rings. The maximum atomic E-state index is 11.6. The van der Waals surface area contributed by atoms with Gasteiger partial charge in [0.25, 0.3) is 0 Å². The molecule has 0 heterocycles. The van der Waals surface area contributed by atoms with E-state index in [9.17, 15) is 9.59 Å². The molecule has 4 heteroatoms. The van der Waals surface area contributed by atoms with E-state index in [1.54, 1.807) is 6.92 Å². The Morgan fingerprint density at radius 3 is 1.68 bits per heavy atom. The predicted molar refractivity (Wildman–Crippen MR) is 88.6 cm³/mol. The summed E-state index contributed by atoms with van der Waals surface area (Å²) in [5.74, 6) is -1.80. The molecule has 0 aromatic heterocycles. The van der Waals surface area contributed by atoms with Gasteiger partial charge < -0.3 is 9.47 Å². The zero-order valence-electron chi connectivity index (χ0n) is 14.7. The molecule has 0 aromatic rings. The molecular formula is C18H34O4. The monoisotopic (exact) mass is 314 g/mol. The van der Waals surface area contributed by atoms with Crippen LogP contribution in [0.5, 0.6) is 0 Å². The molecule has 1 unspecified atom stereocenters. The molecule has 0 amide bonds. The van der Waals surface area contributed by atoms with Crippen molar-refractivity contribution >= 4 is 11.9 Å². The van der Waals surface area contributed by atoms with E-state index in [2.05, 4.69) is 6.92 Å². The molecule has 0 saturated carbocycles. The van der Waals surface area contributed by atoms with Crippen LogP contribution in [0.2, 0.25) is 0 Å². The third kappa shape index (κ3) is 11.6. The second-order valence-corrected chi connectivity index (χ2v) is 5.82. The van der Waals surface area contributed by atoms with E-state index < -0.39 is 17.9 Å². The van der Waals surface area contributed by atoms with Crippen LogP contribution >= 0.6 is 0 Å². The molecule has 22 heavy (non-hydrogen) atoms. The topological polar surface area (TPSA) is 52.6 Å². The molecule has 4 nitrogen and oxygen atoms in total. The van der Waals surface area contributed by atoms with Gasteiger partial charge in [-0.1, -0.05) is 64.7 Å². The van der Waals surface area contributed by atoms with Crippen LogP contribution in [-0.4, -0.2) is 25.2 Å². The van der Waals surface area contributed by atoms with Crippen molar-refractivity contribution in [2.45, 2.75) is 85.0 Å². The predicted octanol–water partition coefficient (Wildman–Crippen LogP) is 4.65. The molecule has 0 spiro atoms. The molecule has 0 aromatic carbocycles. The average molecular weight is 314 g/mol. The first-order chi connectivity index (χ1) is 10.6. The highest BCUT2D eigenvalue weighted by Crippen LogP contribution is 2.11. The van der Waals surface area contributed by atoms with E-state index in [1.165, 1.54) is 58.3 Å². The van der Waals surface area contributed by atoms with Crippen LogP contribution in [0.1, 0.15) is 85.0 Å². The molecule has 0 aliphatic rings. The quantitative estimate of drug-likeness (QED) is 0.266. The summed E-state index contributed by atoms with van der Waals surface area (Å²) < 4.78 is 9.90. The van der Waals surface area contributed by atoms with Gasteiger partial charge in [-0.05, 0) is 20.3 Å². The van der Waals surface area contributed by atoms with Crippen LogP contribution < -0.4 is 0 Å². The molecule has 0 rings (SSSR count). The van der Waals surface area contributed by atoms with E-state index >= 15 is 0 Å². The highest BCUT2D eigenvalue weighted by molar-refractivity contribution is 5.94. The summed E-state index contributed by atoms with van der Waals surface area (Å²) in [5.41, 5.74) is 0. The number of hydrogen-bond acceptors (Lipinski definition) is 4. The minimum absolute atomic E-state index is 0.287. The highest BCUT2D eigenvalue weighted by Gasteiger charge is 2.23. The SMILES string of the molecule is CCCCCCCCCCCCOC(=O)C(C)C(=O)OCC. The third-order valence-electron chi connectivity index (χ3n) is 3.74. The lowest BCUT2D eigenvalue weighted by molar-refractivity contribution is -0.160. The van der Waals surface area contributed by atoms with E-state index in [0.717, 1.165) is 12.8 Å². The molecule has 1 atom stereocenters. The van der Waals surface area contributed by atoms with Crippen LogP contribution in [0, 0.1) is 5.92 Å². The molecule has 0 bridgehead atoms. The zero-order chi connectivity index (χ0) is 16.6. The minimum Gasteiger partial charge on any atom is -0.465 e. The fraction of sp³-hybridized carbons (Fsp3) is 0.889. The Labute approximate surface area is 135 Å². The number of ether oxygens (including phenoxy) is 2. The van der Waals surface area contributed by atoms with Crippen molar-refractivity contribution in [2.24, 2.45) is 5.92 Å². The summed E-state index contributed by atoms with van der Waals surface area (Å²) in [7, 11) is 0. The van der Waals surface area contributed by atoms with Crippen molar-refractivity contribution < 1.29 is 19.1 Å². The first kappa shape index (κ1) is 20.9. The van der Waals surface area contributed by atoms with Crippen molar-refractivity contribution in [1.82, 2.24) is 0 Å². The van der Waals surface area contributed by atoms with Gasteiger partial charge in [0.05, 0.1) is 13.2 Å². The van der Waals surface area contributed by atoms with Gasteiger partial charge >= 0.3 is 11.9 Å². The van der Waals surface area contributed by atoms with Crippen molar-refractivity contribution in [3.05, 3.63) is 0 Å². The number of unbranched alkanes of at least 4 members (excludes halogenated alkanes) is 9. The van der Waals surface area contributed by atoms with Gasteiger partial charge in [-0.2, -0.15) is 0 Å². The molecule has 130 valence electrons. The van der Waals surface area contributed by atoms with Crippen LogP contribution in [0.3, 0.4) is 0 Å². The van der Waals surface area contributed by atoms with Crippen LogP contribution in [0.25, 0.3) is 0 Å². The molecule has 0 saturated heterocycles. The lowest BCUT2D eigenvalue weighted by atomic mass is 10.1. The Morgan fingerprint density at radius 1 is 0.727 bits per heavy atom. The largest absolute Gasteiger partial charge is 0.465 e. The van der Waals surface area contributed by atoms with Gasteiger partial charge in [0.1, 0.15) is 0 Å². The smallest absolute Gasteiger partial charge is 0.320 e. The van der Waals surface area contributed by atoms with E-state index in [-0.39, 0.29) is 6.61 Å². The summed E-state index contributed by atoms with van der Waals surface area (Å²) in [5, 5.41) is 0. The third-order valence-corrected chi connectivity index (χ3v) is 3.74. The number of hydrogen-bond donors (Lipinski definition) is 0. The normalized spacial score (nSPS) is 12.0. The average Bonchev–Trinajstić information content (AvgIpc) is 2.51. The Balaban J connectivity index is 3.38. The first-order valence-corrected chi connectivity index (χ1v) is 8.96. The highest BCUT2D eigenvalue weighted by atomic mass is 16.6. The van der Waals surface area contributed by atoms with Crippen LogP contribution in [0.4, 0.5) is 0 Å². The first-order valence-electron chi connectivity index (χ1n) is 8.96. The van der Waals surface area contributed by atoms with Crippen molar-refractivity contribution in [3.63, 3.8) is 0 Å². The zero-order valence-corrected chi connectivity index (χ0v) is 14.7. The van der Waals surface area contributed by atoms with Crippen LogP contribution in [-0.2, 0) is 19.1 Å². The maximum Gasteiger partial charge on any atom is 0.320 e. The molecule has 0 radical (unpaired) electrons. The Kier molecular flexibility index (Phi) is 14.1. The Morgan fingerprint density at radius 2 is 1.18 bits per heavy atom. The van der Waals surface area contributed by atoms with Crippen molar-refractivity contribution in [2.75, 3.05) is 13.2 Å². The van der Waals surface area contributed by atoms with Gasteiger partial charge in [-0.25, -0.2) is 0 Å². The lowest BCUT2D eigenvalue weighted by Gasteiger charge is -2.10. The Bertz CT molecular complexity index is 289. The number of esters is 2. The second-order valence-electron chi connectivity index (χ2n) is 5.82. The van der Waals surface area contributed by atoms with Crippen molar-refractivity contribution in [3.8, 4) is 0 Å². The fourth-order valence-electron chi connectivity index (χ4n) is 2.25. The Hall–Kier alpha value is -1.06. The second kappa shape index (κ2) is 14.9. The van der Waals surface area contributed by atoms with Crippen LogP contribution in [0.15, 0.2) is 0 Å². The van der Waals surface area contributed by atoms with Gasteiger partial charge in [-0.15, -0.1) is 0 Å². The van der Waals surface area contributed by atoms with Gasteiger partial charge in [-0.3, -0.25) is 9.59 Å². The van der Waals surface area contributed by atoms with Gasteiger partial charge in [0.2, 0.25) is 0 Å². The standard InChI is InChI=1S/C18H34O4/c1-4-6-7-8-9-10-11-12-13-14-15-22-18(20)16(3)17(19)21-5-2/h16H,4-15H2,1-3H3. The lowest BCUT2D eigenvalue weighted by Crippen LogP contribution is -2.25. The molecular weight excluding hydrogens is 280 g/mol. The van der Waals surface area contributed by atoms with Gasteiger partial charge in [0, 0.05) is 0 Å². The van der Waals surface area contributed by atoms with Crippen molar-refractivity contribution in [1.29, 1.82) is 0 Å². The van der Waals surface area contributed by atoms with Gasteiger partial charge in [0.15, 0.2) is 5.92 Å². The number of carbonyl (C=O) groups is 2. The number of carbonyl (C=O) groups excluding carboxylic acids is 2. The van der Waals surface area contributed by atoms with E-state index in [1.807, 2.05) is 0 Å². The number of rotatable bonds is 14. The summed E-state index contributed by atoms with van der Waals surface area (Å²) in [4.78, 5) is 23.0. The minimum atomic E-state index is -0.817. The summed E-state index contributed by atoms with van der Waals surface area (Å²) >= 11 is 0. The van der Waals surface area contributed by atoms with E-state index in [4.69, 9.17) is 9.47 Å². The maximum absolute atomic E-state index is 11.6. The summed E-state index contributed by atoms with van der Waals surface area (Å²) in [6.07, 6.45) is 12.4. The molecule has 0 aliphatic heterocycles. The fourth-order valence-corrected chi connectivity index (χ4v) is 2.25. The molecule has 0 N–H and O–H groups in total. The van der Waals surface area contributed by atoms with E-state index in [0.29, 0.717) is 6.61 Å².